The van der Waals surface area contributed by atoms with Gasteiger partial charge >= 0.3 is 0 Å². The van der Waals surface area contributed by atoms with Crippen molar-refractivity contribution in [2.75, 3.05) is 0 Å². The highest BCUT2D eigenvalue weighted by atomic mass is 14.3. The minimum atomic E-state index is 1.03. The van der Waals surface area contributed by atoms with Crippen LogP contribution in [0.15, 0.2) is 24.3 Å². The second-order valence-electron chi connectivity index (χ2n) is 4.34. The molecule has 1 aromatic carbocycles. The molecule has 2 rings (SSSR count). The van der Waals surface area contributed by atoms with Crippen LogP contribution < -0.4 is 0 Å². The summed E-state index contributed by atoms with van der Waals surface area (Å²) in [5.41, 5.74) is 2.90. The molecule has 75 valence electrons. The molecular weight excluding hydrogens is 168 g/mol. The molecule has 0 nitrogen and oxygen atoms in total. The average Bonchev–Trinajstić information content (AvgIpc) is 3.03. The van der Waals surface area contributed by atoms with Crippen LogP contribution in [0, 0.1) is 12.3 Å². The van der Waals surface area contributed by atoms with E-state index in [1.165, 1.54) is 30.4 Å². The summed E-state index contributed by atoms with van der Waals surface area (Å²) >= 11 is 0. The summed E-state index contributed by atoms with van der Waals surface area (Å²) in [4.78, 5) is 0. The molecule has 0 heteroatoms. The highest BCUT2D eigenvalue weighted by Crippen LogP contribution is 2.33. The van der Waals surface area contributed by atoms with Crippen molar-refractivity contribution >= 4 is 0 Å². The fourth-order valence-corrected chi connectivity index (χ4v) is 1.75. The van der Waals surface area contributed by atoms with E-state index in [9.17, 15) is 0 Å². The molecule has 0 heterocycles. The third-order valence-corrected chi connectivity index (χ3v) is 3.01. The van der Waals surface area contributed by atoms with Crippen molar-refractivity contribution in [1.82, 2.24) is 0 Å². The van der Waals surface area contributed by atoms with Gasteiger partial charge in [0.25, 0.3) is 0 Å². The first-order chi connectivity index (χ1) is 6.88. The van der Waals surface area contributed by atoms with Crippen LogP contribution in [0.3, 0.4) is 0 Å². The zero-order valence-corrected chi connectivity index (χ0v) is 9.00. The van der Waals surface area contributed by atoms with Gasteiger partial charge in [0.05, 0.1) is 0 Å². The lowest BCUT2D eigenvalue weighted by Crippen LogP contribution is -1.88. The molecule has 0 bridgehead atoms. The van der Waals surface area contributed by atoms with Crippen LogP contribution in [0.4, 0.5) is 0 Å². The van der Waals surface area contributed by atoms with Gasteiger partial charge in [0.1, 0.15) is 0 Å². The van der Waals surface area contributed by atoms with Crippen molar-refractivity contribution in [3.63, 3.8) is 0 Å². The minimum Gasteiger partial charge on any atom is -0.0613 e. The van der Waals surface area contributed by atoms with Crippen LogP contribution in [-0.4, -0.2) is 0 Å². The summed E-state index contributed by atoms with van der Waals surface area (Å²) in [5.74, 6) is 1.03. The average molecular weight is 187 g/mol. The summed E-state index contributed by atoms with van der Waals surface area (Å²) in [7, 11) is 0. The van der Waals surface area contributed by atoms with Gasteiger partial charge in [-0.3, -0.25) is 0 Å². The number of hydrogen-bond donors (Lipinski definition) is 0. The quantitative estimate of drug-likeness (QED) is 0.657. The predicted octanol–water partition coefficient (Wildman–Crippen LogP) is 3.80. The first kappa shape index (κ1) is 9.76. The molecule has 0 spiro atoms. The molecular formula is C14H19. The van der Waals surface area contributed by atoms with Crippen LogP contribution in [-0.2, 0) is 12.8 Å². The Morgan fingerprint density at radius 1 is 1.14 bits per heavy atom. The van der Waals surface area contributed by atoms with Gasteiger partial charge in [-0.1, -0.05) is 44.0 Å². The van der Waals surface area contributed by atoms with E-state index in [0.29, 0.717) is 0 Å². The largest absolute Gasteiger partial charge is 0.0613 e. The number of hydrogen-bond acceptors (Lipinski definition) is 0. The van der Waals surface area contributed by atoms with E-state index in [1.54, 1.807) is 0 Å². The Morgan fingerprint density at radius 3 is 2.36 bits per heavy atom. The van der Waals surface area contributed by atoms with E-state index in [2.05, 4.69) is 37.6 Å². The summed E-state index contributed by atoms with van der Waals surface area (Å²) in [6.07, 6.45) is 9.00. The second kappa shape index (κ2) is 4.63. The molecule has 0 N–H and O–H groups in total. The molecule has 1 aliphatic rings. The number of benzene rings is 1. The summed E-state index contributed by atoms with van der Waals surface area (Å²) < 4.78 is 0. The van der Waals surface area contributed by atoms with E-state index in [0.717, 1.165) is 18.8 Å². The summed E-state index contributed by atoms with van der Waals surface area (Å²) in [6, 6.07) is 9.03. The molecule has 0 unspecified atom stereocenters. The predicted molar refractivity (Wildman–Crippen MR) is 61.2 cm³/mol. The Kier molecular flexibility index (Phi) is 3.23. The molecule has 0 aromatic heterocycles. The van der Waals surface area contributed by atoms with Gasteiger partial charge < -0.3 is 0 Å². The lowest BCUT2D eigenvalue weighted by Gasteiger charge is -2.02. The van der Waals surface area contributed by atoms with Crippen molar-refractivity contribution in [2.45, 2.75) is 39.0 Å². The molecule has 1 aliphatic carbocycles. The van der Waals surface area contributed by atoms with Crippen LogP contribution in [0.5, 0.6) is 0 Å². The van der Waals surface area contributed by atoms with Crippen LogP contribution in [0.1, 0.15) is 37.3 Å². The Balaban J connectivity index is 1.77. The fraction of sp³-hybridized carbons (Fsp3) is 0.500. The Labute approximate surface area is 87.3 Å². The van der Waals surface area contributed by atoms with Gasteiger partial charge in [-0.25, -0.2) is 0 Å². The monoisotopic (exact) mass is 187 g/mol. The number of aryl methyl sites for hydroxylation is 1. The second-order valence-corrected chi connectivity index (χ2v) is 4.34. The minimum absolute atomic E-state index is 1.03. The maximum absolute atomic E-state index is 2.44. The van der Waals surface area contributed by atoms with Gasteiger partial charge in [0, 0.05) is 0 Å². The molecule has 0 aliphatic heterocycles. The summed E-state index contributed by atoms with van der Waals surface area (Å²) in [6.45, 7) is 2.20. The summed E-state index contributed by atoms with van der Waals surface area (Å²) in [5, 5.41) is 0. The maximum atomic E-state index is 2.44. The molecule has 14 heavy (non-hydrogen) atoms. The van der Waals surface area contributed by atoms with Gasteiger partial charge in [0.2, 0.25) is 0 Å². The smallest absolute Gasteiger partial charge is 0.0248 e. The highest BCUT2D eigenvalue weighted by molar-refractivity contribution is 5.23. The fourth-order valence-electron chi connectivity index (χ4n) is 1.75. The zero-order chi connectivity index (χ0) is 9.80. The number of rotatable bonds is 5. The van der Waals surface area contributed by atoms with Crippen molar-refractivity contribution in [1.29, 1.82) is 0 Å². The Hall–Kier alpha value is -0.780. The van der Waals surface area contributed by atoms with Crippen molar-refractivity contribution in [3.8, 4) is 0 Å². The van der Waals surface area contributed by atoms with E-state index in [4.69, 9.17) is 0 Å². The third kappa shape index (κ3) is 2.87. The van der Waals surface area contributed by atoms with Crippen LogP contribution in [0.25, 0.3) is 0 Å². The van der Waals surface area contributed by atoms with Gasteiger partial charge in [-0.2, -0.15) is 0 Å². The van der Waals surface area contributed by atoms with Gasteiger partial charge in [-0.05, 0) is 42.7 Å². The van der Waals surface area contributed by atoms with Crippen molar-refractivity contribution < 1.29 is 0 Å². The lowest BCUT2D eigenvalue weighted by molar-refractivity contribution is 0.790. The lowest BCUT2D eigenvalue weighted by atomic mass is 10.0. The topological polar surface area (TPSA) is 0 Å². The van der Waals surface area contributed by atoms with Crippen LogP contribution >= 0.6 is 0 Å². The third-order valence-electron chi connectivity index (χ3n) is 3.01. The van der Waals surface area contributed by atoms with E-state index < -0.39 is 0 Å². The van der Waals surface area contributed by atoms with Gasteiger partial charge in [-0.15, -0.1) is 0 Å². The Morgan fingerprint density at radius 2 is 1.79 bits per heavy atom. The molecule has 0 amide bonds. The normalized spacial score (nSPS) is 15.8. The van der Waals surface area contributed by atoms with Crippen molar-refractivity contribution in [2.24, 2.45) is 5.92 Å². The van der Waals surface area contributed by atoms with E-state index >= 15 is 0 Å². The molecule has 0 saturated heterocycles. The van der Waals surface area contributed by atoms with E-state index in [1.807, 2.05) is 0 Å². The maximum Gasteiger partial charge on any atom is -0.0248 e. The molecule has 0 atom stereocenters. The molecule has 1 fully saturated rings. The van der Waals surface area contributed by atoms with Crippen LogP contribution in [0.2, 0.25) is 0 Å². The standard InChI is InChI=1S/C14H19/c1-2-12-6-8-13(9-7-12)4-3-5-14-10-11-14/h3,6-9,14H,2,4-5,10-11H2,1H3. The SMILES string of the molecule is CCc1ccc(C[CH]CC2CC2)cc1. The Bertz CT molecular complexity index is 267. The first-order valence-corrected chi connectivity index (χ1v) is 5.78. The molecule has 1 radical (unpaired) electrons. The van der Waals surface area contributed by atoms with Gasteiger partial charge in [0.15, 0.2) is 0 Å². The van der Waals surface area contributed by atoms with Crippen molar-refractivity contribution in [3.05, 3.63) is 41.8 Å². The zero-order valence-electron chi connectivity index (χ0n) is 9.00. The van der Waals surface area contributed by atoms with E-state index in [-0.39, 0.29) is 0 Å². The molecule has 1 aromatic rings. The molecule has 1 saturated carbocycles. The first-order valence-electron chi connectivity index (χ1n) is 5.78. The highest BCUT2D eigenvalue weighted by Gasteiger charge is 2.20.